The topological polar surface area (TPSA) is 17.1 Å². The molecule has 0 saturated carbocycles. The fraction of sp³-hybridized carbons (Fsp3) is 0.267. The van der Waals surface area contributed by atoms with E-state index in [1.54, 1.807) is 11.3 Å². The highest BCUT2D eigenvalue weighted by molar-refractivity contribution is 9.10. The molecule has 0 fully saturated rings. The van der Waals surface area contributed by atoms with Crippen molar-refractivity contribution in [2.45, 2.75) is 25.7 Å². The Hall–Kier alpha value is -0.930. The Labute approximate surface area is 120 Å². The number of benzene rings is 1. The summed E-state index contributed by atoms with van der Waals surface area (Å²) >= 11 is 5.04. The smallest absolute Gasteiger partial charge is 0.148 e. The number of ketones is 1. The van der Waals surface area contributed by atoms with Crippen molar-refractivity contribution < 1.29 is 4.79 Å². The Morgan fingerprint density at radius 3 is 2.50 bits per heavy atom. The van der Waals surface area contributed by atoms with E-state index in [1.807, 2.05) is 55.6 Å². The number of Topliss-reactive ketones (excluding diaryl/α,β-unsaturated/α-hetero) is 1. The Kier molecular flexibility index (Phi) is 4.03. The SMILES string of the molecule is CC(C)(C(=O)Cc1cc(Br)cs1)c1ccccc1. The molecular formula is C15H15BrOS. The number of hydrogen-bond acceptors (Lipinski definition) is 2. The van der Waals surface area contributed by atoms with Crippen LogP contribution in [0.2, 0.25) is 0 Å². The van der Waals surface area contributed by atoms with Crippen LogP contribution in [0.1, 0.15) is 24.3 Å². The van der Waals surface area contributed by atoms with Gasteiger partial charge < -0.3 is 0 Å². The molecule has 0 aliphatic carbocycles. The molecule has 0 radical (unpaired) electrons. The van der Waals surface area contributed by atoms with Gasteiger partial charge in [0, 0.05) is 26.6 Å². The van der Waals surface area contributed by atoms with Crippen LogP contribution in [0.25, 0.3) is 0 Å². The van der Waals surface area contributed by atoms with Gasteiger partial charge in [0.25, 0.3) is 0 Å². The Bertz CT molecular complexity index is 543. The van der Waals surface area contributed by atoms with Crippen LogP contribution in [-0.2, 0) is 16.6 Å². The summed E-state index contributed by atoms with van der Waals surface area (Å²) in [5.74, 6) is 0.253. The third-order valence-electron chi connectivity index (χ3n) is 3.15. The van der Waals surface area contributed by atoms with Gasteiger partial charge in [-0.3, -0.25) is 4.79 Å². The van der Waals surface area contributed by atoms with Gasteiger partial charge in [0.1, 0.15) is 5.78 Å². The van der Waals surface area contributed by atoms with Crippen LogP contribution in [0.5, 0.6) is 0 Å². The van der Waals surface area contributed by atoms with Crippen molar-refractivity contribution in [1.82, 2.24) is 0 Å². The van der Waals surface area contributed by atoms with Crippen LogP contribution in [0.3, 0.4) is 0 Å². The minimum absolute atomic E-state index is 0.253. The van der Waals surface area contributed by atoms with E-state index >= 15 is 0 Å². The highest BCUT2D eigenvalue weighted by Gasteiger charge is 2.29. The molecule has 0 bridgehead atoms. The third kappa shape index (κ3) is 2.90. The number of rotatable bonds is 4. The maximum absolute atomic E-state index is 12.4. The van der Waals surface area contributed by atoms with Crippen molar-refractivity contribution in [1.29, 1.82) is 0 Å². The molecule has 18 heavy (non-hydrogen) atoms. The van der Waals surface area contributed by atoms with Crippen molar-refractivity contribution in [3.05, 3.63) is 56.7 Å². The van der Waals surface area contributed by atoms with E-state index in [-0.39, 0.29) is 5.78 Å². The average molecular weight is 323 g/mol. The largest absolute Gasteiger partial charge is 0.298 e. The second kappa shape index (κ2) is 5.37. The fourth-order valence-corrected chi connectivity index (χ4v) is 3.29. The van der Waals surface area contributed by atoms with Crippen LogP contribution in [-0.4, -0.2) is 5.78 Å². The summed E-state index contributed by atoms with van der Waals surface area (Å²) in [6.45, 7) is 3.99. The predicted molar refractivity (Wildman–Crippen MR) is 80.2 cm³/mol. The maximum Gasteiger partial charge on any atom is 0.148 e. The van der Waals surface area contributed by atoms with Crippen LogP contribution < -0.4 is 0 Å². The summed E-state index contributed by atoms with van der Waals surface area (Å²) in [5, 5.41) is 2.01. The summed E-state index contributed by atoms with van der Waals surface area (Å²) in [5.41, 5.74) is 0.642. The van der Waals surface area contributed by atoms with Crippen molar-refractivity contribution in [2.75, 3.05) is 0 Å². The Morgan fingerprint density at radius 2 is 1.94 bits per heavy atom. The summed E-state index contributed by atoms with van der Waals surface area (Å²) in [6.07, 6.45) is 0.498. The molecular weight excluding hydrogens is 308 g/mol. The van der Waals surface area contributed by atoms with Gasteiger partial charge in [-0.1, -0.05) is 30.3 Å². The summed E-state index contributed by atoms with van der Waals surface area (Å²) < 4.78 is 1.05. The number of thiophene rings is 1. The van der Waals surface area contributed by atoms with Crippen LogP contribution in [0.15, 0.2) is 46.3 Å². The van der Waals surface area contributed by atoms with Gasteiger partial charge in [0.2, 0.25) is 0 Å². The van der Waals surface area contributed by atoms with E-state index in [0.717, 1.165) is 14.9 Å². The molecule has 0 aliphatic rings. The summed E-state index contributed by atoms with van der Waals surface area (Å²) in [7, 11) is 0. The number of hydrogen-bond donors (Lipinski definition) is 0. The number of halogens is 1. The molecule has 1 nitrogen and oxygen atoms in total. The lowest BCUT2D eigenvalue weighted by Gasteiger charge is -2.23. The summed E-state index contributed by atoms with van der Waals surface area (Å²) in [6, 6.07) is 12.0. The lowest BCUT2D eigenvalue weighted by atomic mass is 9.79. The second-order valence-corrected chi connectivity index (χ2v) is 6.73. The molecule has 0 aliphatic heterocycles. The van der Waals surface area contributed by atoms with Crippen molar-refractivity contribution in [3.63, 3.8) is 0 Å². The second-order valence-electron chi connectivity index (χ2n) is 4.82. The molecule has 0 atom stereocenters. The van der Waals surface area contributed by atoms with E-state index in [9.17, 15) is 4.79 Å². The van der Waals surface area contributed by atoms with E-state index < -0.39 is 5.41 Å². The van der Waals surface area contributed by atoms with Gasteiger partial charge in [-0.2, -0.15) is 0 Å². The van der Waals surface area contributed by atoms with Crippen LogP contribution >= 0.6 is 27.3 Å². The molecule has 0 amide bonds. The van der Waals surface area contributed by atoms with Crippen LogP contribution in [0, 0.1) is 0 Å². The Morgan fingerprint density at radius 1 is 1.28 bits per heavy atom. The standard InChI is InChI=1S/C15H15BrOS/c1-15(2,11-6-4-3-5-7-11)14(17)9-13-8-12(16)10-18-13/h3-8,10H,9H2,1-2H3. The molecule has 94 valence electrons. The molecule has 1 heterocycles. The lowest BCUT2D eigenvalue weighted by Crippen LogP contribution is -2.30. The summed E-state index contributed by atoms with van der Waals surface area (Å²) in [4.78, 5) is 13.5. The minimum Gasteiger partial charge on any atom is -0.298 e. The third-order valence-corrected chi connectivity index (χ3v) is 4.85. The molecule has 1 aromatic carbocycles. The number of carbonyl (C=O) groups excluding carboxylic acids is 1. The van der Waals surface area contributed by atoms with Gasteiger partial charge in [-0.15, -0.1) is 11.3 Å². The number of carbonyl (C=O) groups is 1. The van der Waals surface area contributed by atoms with Gasteiger partial charge in [0.05, 0.1) is 0 Å². The molecule has 2 rings (SSSR count). The lowest BCUT2D eigenvalue weighted by molar-refractivity contribution is -0.122. The fourth-order valence-electron chi connectivity index (χ4n) is 1.84. The minimum atomic E-state index is -0.433. The van der Waals surface area contributed by atoms with Gasteiger partial charge >= 0.3 is 0 Å². The normalized spacial score (nSPS) is 11.5. The molecule has 2 aromatic rings. The molecule has 0 unspecified atom stereocenters. The molecule has 0 saturated heterocycles. The zero-order valence-corrected chi connectivity index (χ0v) is 12.8. The van der Waals surface area contributed by atoms with Crippen molar-refractivity contribution in [2.24, 2.45) is 0 Å². The average Bonchev–Trinajstić information content (AvgIpc) is 2.76. The van der Waals surface area contributed by atoms with Gasteiger partial charge in [-0.25, -0.2) is 0 Å². The van der Waals surface area contributed by atoms with Crippen molar-refractivity contribution >= 4 is 33.0 Å². The first-order valence-electron chi connectivity index (χ1n) is 5.82. The maximum atomic E-state index is 12.4. The van der Waals surface area contributed by atoms with Crippen molar-refractivity contribution in [3.8, 4) is 0 Å². The molecule has 0 N–H and O–H groups in total. The monoisotopic (exact) mass is 322 g/mol. The van der Waals surface area contributed by atoms with Gasteiger partial charge in [-0.05, 0) is 41.4 Å². The molecule has 3 heteroatoms. The van der Waals surface area contributed by atoms with Gasteiger partial charge in [0.15, 0.2) is 0 Å². The van der Waals surface area contributed by atoms with E-state index in [0.29, 0.717) is 6.42 Å². The zero-order valence-electron chi connectivity index (χ0n) is 10.4. The van der Waals surface area contributed by atoms with E-state index in [1.165, 1.54) is 0 Å². The van der Waals surface area contributed by atoms with E-state index in [4.69, 9.17) is 0 Å². The highest BCUT2D eigenvalue weighted by Crippen LogP contribution is 2.28. The molecule has 0 spiro atoms. The van der Waals surface area contributed by atoms with Crippen LogP contribution in [0.4, 0.5) is 0 Å². The zero-order chi connectivity index (χ0) is 13.2. The predicted octanol–water partition coefficient (Wildman–Crippen LogP) is 4.60. The highest BCUT2D eigenvalue weighted by atomic mass is 79.9. The van der Waals surface area contributed by atoms with E-state index in [2.05, 4.69) is 15.9 Å². The molecule has 1 aromatic heterocycles. The Balaban J connectivity index is 2.18. The first-order chi connectivity index (χ1) is 8.50. The quantitative estimate of drug-likeness (QED) is 0.804. The first-order valence-corrected chi connectivity index (χ1v) is 7.49. The first kappa shape index (κ1) is 13.5.